The van der Waals surface area contributed by atoms with Crippen molar-refractivity contribution in [2.75, 3.05) is 6.61 Å². The van der Waals surface area contributed by atoms with Crippen LogP contribution >= 0.6 is 0 Å². The van der Waals surface area contributed by atoms with Gasteiger partial charge in [-0.25, -0.2) is 9.59 Å². The van der Waals surface area contributed by atoms with Gasteiger partial charge in [-0.05, 0) is 61.4 Å². The zero-order chi connectivity index (χ0) is 17.3. The van der Waals surface area contributed by atoms with Crippen LogP contribution in [0.2, 0.25) is 0 Å². The van der Waals surface area contributed by atoms with Crippen LogP contribution in [0.1, 0.15) is 50.3 Å². The Kier molecular flexibility index (Phi) is 4.35. The van der Waals surface area contributed by atoms with Crippen LogP contribution in [0.25, 0.3) is 6.08 Å². The Labute approximate surface area is 141 Å². The van der Waals surface area contributed by atoms with Crippen molar-refractivity contribution in [3.63, 3.8) is 0 Å². The Morgan fingerprint density at radius 1 is 1.08 bits per heavy atom. The summed E-state index contributed by atoms with van der Waals surface area (Å²) in [4.78, 5) is 24.3. The molecule has 24 heavy (non-hydrogen) atoms. The Morgan fingerprint density at radius 2 is 1.71 bits per heavy atom. The molecule has 3 rings (SSSR count). The molecule has 1 heterocycles. The van der Waals surface area contributed by atoms with E-state index in [0.29, 0.717) is 6.61 Å². The number of carbonyl (C=O) groups excluding carboxylic acids is 2. The average molecular weight is 330 g/mol. The molecule has 0 atom stereocenters. The third-order valence-electron chi connectivity index (χ3n) is 4.24. The van der Waals surface area contributed by atoms with Gasteiger partial charge in [-0.3, -0.25) is 0 Å². The van der Waals surface area contributed by atoms with E-state index in [1.807, 2.05) is 19.1 Å². The van der Waals surface area contributed by atoms with E-state index in [4.69, 9.17) is 14.2 Å². The molecule has 0 amide bonds. The van der Waals surface area contributed by atoms with Gasteiger partial charge in [0, 0.05) is 13.8 Å². The molecule has 1 aliphatic carbocycles. The van der Waals surface area contributed by atoms with Gasteiger partial charge in [-0.2, -0.15) is 0 Å². The van der Waals surface area contributed by atoms with Crippen LogP contribution in [0.4, 0.5) is 0 Å². The molecule has 0 radical (unpaired) electrons. The van der Waals surface area contributed by atoms with E-state index < -0.39 is 17.7 Å². The van der Waals surface area contributed by atoms with Crippen molar-refractivity contribution in [1.29, 1.82) is 0 Å². The van der Waals surface area contributed by atoms with Gasteiger partial charge in [0.25, 0.3) is 5.79 Å². The zero-order valence-electron chi connectivity index (χ0n) is 14.3. The van der Waals surface area contributed by atoms with E-state index in [0.717, 1.165) is 42.6 Å². The summed E-state index contributed by atoms with van der Waals surface area (Å²) in [6.45, 7) is 5.65. The number of hydrogen-bond acceptors (Lipinski definition) is 5. The van der Waals surface area contributed by atoms with Crippen molar-refractivity contribution in [2.24, 2.45) is 0 Å². The minimum absolute atomic E-state index is 0.0636. The molecule has 1 aromatic carbocycles. The minimum Gasteiger partial charge on any atom is -0.494 e. The molecule has 0 spiro atoms. The van der Waals surface area contributed by atoms with Crippen molar-refractivity contribution >= 4 is 18.0 Å². The van der Waals surface area contributed by atoms with Crippen LogP contribution in [0.15, 0.2) is 17.7 Å². The summed E-state index contributed by atoms with van der Waals surface area (Å²) in [5.41, 5.74) is 3.11. The van der Waals surface area contributed by atoms with Crippen molar-refractivity contribution < 1.29 is 23.8 Å². The standard InChI is InChI=1S/C19H22O5/c1-4-22-16-10-9-12(13-7-5-6-8-14(13)16)11-15-17(20)23-19(2,3)24-18(15)21/h9-11H,4-8H2,1-3H3. The number of cyclic esters (lactones) is 2. The lowest BCUT2D eigenvalue weighted by Crippen LogP contribution is -2.41. The second kappa shape index (κ2) is 6.30. The Hall–Kier alpha value is -2.30. The van der Waals surface area contributed by atoms with Gasteiger partial charge in [-0.15, -0.1) is 0 Å². The monoisotopic (exact) mass is 330 g/mol. The predicted octanol–water partition coefficient (Wildman–Crippen LogP) is 3.18. The van der Waals surface area contributed by atoms with Gasteiger partial charge in [0.1, 0.15) is 11.3 Å². The maximum Gasteiger partial charge on any atom is 0.348 e. The van der Waals surface area contributed by atoms with Gasteiger partial charge in [0.05, 0.1) is 6.61 Å². The molecule has 0 N–H and O–H groups in total. The fourth-order valence-corrected chi connectivity index (χ4v) is 3.22. The molecule has 1 aromatic rings. The Morgan fingerprint density at radius 3 is 2.33 bits per heavy atom. The normalized spacial score (nSPS) is 19.2. The highest BCUT2D eigenvalue weighted by Gasteiger charge is 2.39. The van der Waals surface area contributed by atoms with Gasteiger partial charge in [0.2, 0.25) is 0 Å². The van der Waals surface area contributed by atoms with E-state index in [-0.39, 0.29) is 5.57 Å². The summed E-state index contributed by atoms with van der Waals surface area (Å²) in [6, 6.07) is 3.80. The predicted molar refractivity (Wildman–Crippen MR) is 88.5 cm³/mol. The van der Waals surface area contributed by atoms with E-state index in [1.165, 1.54) is 5.56 Å². The number of fused-ring (bicyclic) bond motifs is 1. The number of ether oxygens (including phenoxy) is 3. The highest BCUT2D eigenvalue weighted by atomic mass is 16.7. The van der Waals surface area contributed by atoms with Crippen LogP contribution in [0.3, 0.4) is 0 Å². The summed E-state index contributed by atoms with van der Waals surface area (Å²) >= 11 is 0. The summed E-state index contributed by atoms with van der Waals surface area (Å²) < 4.78 is 16.0. The van der Waals surface area contributed by atoms with E-state index in [2.05, 4.69) is 0 Å². The van der Waals surface area contributed by atoms with Crippen molar-refractivity contribution in [3.05, 3.63) is 34.4 Å². The minimum atomic E-state index is -1.22. The molecule has 1 aliphatic heterocycles. The summed E-state index contributed by atoms with van der Waals surface area (Å²) in [5.74, 6) is -1.61. The first-order chi connectivity index (χ1) is 11.4. The maximum absolute atomic E-state index is 12.1. The molecule has 2 aliphatic rings. The zero-order valence-corrected chi connectivity index (χ0v) is 14.3. The quantitative estimate of drug-likeness (QED) is 0.484. The molecule has 1 fully saturated rings. The van der Waals surface area contributed by atoms with Crippen LogP contribution < -0.4 is 4.74 Å². The number of carbonyl (C=O) groups is 2. The van der Waals surface area contributed by atoms with Gasteiger partial charge in [-0.1, -0.05) is 6.07 Å². The molecular weight excluding hydrogens is 308 g/mol. The summed E-state index contributed by atoms with van der Waals surface area (Å²) in [5, 5.41) is 0. The van der Waals surface area contributed by atoms with Gasteiger partial charge in [0.15, 0.2) is 0 Å². The fourth-order valence-electron chi connectivity index (χ4n) is 3.22. The molecular formula is C19H22O5. The molecule has 128 valence electrons. The third kappa shape index (κ3) is 3.16. The summed E-state index contributed by atoms with van der Waals surface area (Å²) in [6.07, 6.45) is 5.64. The van der Waals surface area contributed by atoms with Crippen LogP contribution in [0, 0.1) is 0 Å². The first-order valence-electron chi connectivity index (χ1n) is 8.37. The topological polar surface area (TPSA) is 61.8 Å². The Balaban J connectivity index is 2.01. The molecule has 5 nitrogen and oxygen atoms in total. The first kappa shape index (κ1) is 16.6. The molecule has 0 unspecified atom stereocenters. The molecule has 0 aromatic heterocycles. The molecule has 0 bridgehead atoms. The van der Waals surface area contributed by atoms with E-state index >= 15 is 0 Å². The highest BCUT2D eigenvalue weighted by Crippen LogP contribution is 2.34. The van der Waals surface area contributed by atoms with Gasteiger partial charge >= 0.3 is 11.9 Å². The first-order valence-corrected chi connectivity index (χ1v) is 8.37. The number of esters is 2. The number of rotatable bonds is 3. The smallest absolute Gasteiger partial charge is 0.348 e. The summed E-state index contributed by atoms with van der Waals surface area (Å²) in [7, 11) is 0. The number of benzene rings is 1. The number of hydrogen-bond donors (Lipinski definition) is 0. The van der Waals surface area contributed by atoms with Crippen molar-refractivity contribution in [2.45, 2.75) is 52.2 Å². The average Bonchev–Trinajstić information content (AvgIpc) is 2.52. The van der Waals surface area contributed by atoms with Gasteiger partial charge < -0.3 is 14.2 Å². The second-order valence-corrected chi connectivity index (χ2v) is 6.49. The molecule has 1 saturated heterocycles. The van der Waals surface area contributed by atoms with Crippen LogP contribution in [-0.4, -0.2) is 24.3 Å². The largest absolute Gasteiger partial charge is 0.494 e. The van der Waals surface area contributed by atoms with E-state index in [1.54, 1.807) is 19.9 Å². The van der Waals surface area contributed by atoms with Crippen LogP contribution in [-0.2, 0) is 31.9 Å². The lowest BCUT2D eigenvalue weighted by molar-refractivity contribution is -0.222. The SMILES string of the molecule is CCOc1ccc(C=C2C(=O)OC(C)(C)OC2=O)c2c1CCCC2. The maximum atomic E-state index is 12.1. The highest BCUT2D eigenvalue weighted by molar-refractivity contribution is 6.19. The lowest BCUT2D eigenvalue weighted by Gasteiger charge is -2.30. The van der Waals surface area contributed by atoms with Crippen molar-refractivity contribution in [3.8, 4) is 5.75 Å². The lowest BCUT2D eigenvalue weighted by atomic mass is 9.87. The van der Waals surface area contributed by atoms with Crippen molar-refractivity contribution in [1.82, 2.24) is 0 Å². The van der Waals surface area contributed by atoms with E-state index in [9.17, 15) is 9.59 Å². The van der Waals surface area contributed by atoms with Crippen LogP contribution in [0.5, 0.6) is 5.75 Å². The molecule has 0 saturated carbocycles. The third-order valence-corrected chi connectivity index (χ3v) is 4.24. The molecule has 5 heteroatoms. The fraction of sp³-hybridized carbons (Fsp3) is 0.474. The second-order valence-electron chi connectivity index (χ2n) is 6.49. The Bertz CT molecular complexity index is 693.